The van der Waals surface area contributed by atoms with Crippen LogP contribution in [0.3, 0.4) is 0 Å². The van der Waals surface area contributed by atoms with E-state index in [1.807, 2.05) is 24.0 Å². The topological polar surface area (TPSA) is 100 Å². The molecule has 3 aromatic heterocycles. The number of rotatable bonds is 1. The first kappa shape index (κ1) is 18.8. The summed E-state index contributed by atoms with van der Waals surface area (Å²) in [5.41, 5.74) is 2.74. The quantitative estimate of drug-likeness (QED) is 0.647. The average Bonchev–Trinajstić information content (AvgIpc) is 3.11. The molecule has 2 bridgehead atoms. The Morgan fingerprint density at radius 3 is 3.04 bits per heavy atom. The molecular weight excluding hydrogens is 380 g/mol. The van der Waals surface area contributed by atoms with Crippen molar-refractivity contribution in [3.05, 3.63) is 40.6 Å². The van der Waals surface area contributed by atoms with Crippen molar-refractivity contribution in [3.63, 3.8) is 0 Å². The SMILES string of the molecule is CCN1CCCCOc2ncc(Cl)cc2/C=C/c2n[nH]c3cnc(nc23)C1O. The molecule has 2 N–H and O–H groups in total. The van der Waals surface area contributed by atoms with E-state index in [1.165, 1.54) is 0 Å². The maximum Gasteiger partial charge on any atom is 0.220 e. The molecule has 1 atom stereocenters. The highest BCUT2D eigenvalue weighted by molar-refractivity contribution is 6.30. The molecule has 0 aromatic carbocycles. The van der Waals surface area contributed by atoms with Gasteiger partial charge in [-0.2, -0.15) is 5.10 Å². The summed E-state index contributed by atoms with van der Waals surface area (Å²) < 4.78 is 5.86. The Balaban J connectivity index is 1.79. The standard InChI is InChI=1S/C19H21ClN6O2/c1-2-26-7-3-4-8-28-18-12(9-13(20)10-22-18)5-6-14-16-15(25-24-14)11-21-17(23-16)19(26)27/h5-6,9-11,19,27H,2-4,7-8H2,1H3,(H,24,25)/b6-5+. The Hall–Kier alpha value is -2.55. The first-order valence-corrected chi connectivity index (χ1v) is 9.63. The van der Waals surface area contributed by atoms with Crippen molar-refractivity contribution in [2.75, 3.05) is 19.7 Å². The molecular formula is C19H21ClN6O2. The lowest BCUT2D eigenvalue weighted by molar-refractivity contribution is -0.00276. The number of H-pyrrole nitrogens is 1. The van der Waals surface area contributed by atoms with E-state index in [9.17, 15) is 5.11 Å². The van der Waals surface area contributed by atoms with Crippen molar-refractivity contribution in [1.29, 1.82) is 0 Å². The van der Waals surface area contributed by atoms with Crippen molar-refractivity contribution in [3.8, 4) is 5.88 Å². The summed E-state index contributed by atoms with van der Waals surface area (Å²) in [5.74, 6) is 0.889. The van der Waals surface area contributed by atoms with Crippen LogP contribution in [0.25, 0.3) is 23.2 Å². The van der Waals surface area contributed by atoms with E-state index in [4.69, 9.17) is 16.3 Å². The summed E-state index contributed by atoms with van der Waals surface area (Å²) in [6, 6.07) is 1.80. The fourth-order valence-corrected chi connectivity index (χ4v) is 3.31. The molecule has 4 heterocycles. The van der Waals surface area contributed by atoms with Crippen LogP contribution in [0.1, 0.15) is 43.1 Å². The number of hydrogen-bond acceptors (Lipinski definition) is 7. The fourth-order valence-electron chi connectivity index (χ4n) is 3.14. The second-order valence-electron chi connectivity index (χ2n) is 6.54. The van der Waals surface area contributed by atoms with Crippen LogP contribution >= 0.6 is 11.6 Å². The Morgan fingerprint density at radius 1 is 1.29 bits per heavy atom. The predicted octanol–water partition coefficient (Wildman–Crippen LogP) is 3.06. The van der Waals surface area contributed by atoms with E-state index in [0.717, 1.165) is 18.4 Å². The van der Waals surface area contributed by atoms with Crippen molar-refractivity contribution < 1.29 is 9.84 Å². The van der Waals surface area contributed by atoms with E-state index in [1.54, 1.807) is 18.5 Å². The summed E-state index contributed by atoms with van der Waals surface area (Å²) in [6.45, 7) is 3.92. The van der Waals surface area contributed by atoms with Crippen molar-refractivity contribution in [2.24, 2.45) is 0 Å². The zero-order chi connectivity index (χ0) is 19.5. The molecule has 0 saturated heterocycles. The predicted molar refractivity (Wildman–Crippen MR) is 107 cm³/mol. The minimum atomic E-state index is -0.871. The van der Waals surface area contributed by atoms with Gasteiger partial charge in [-0.1, -0.05) is 18.5 Å². The molecule has 1 unspecified atom stereocenters. The minimum Gasteiger partial charge on any atom is -0.477 e. The number of pyridine rings is 1. The largest absolute Gasteiger partial charge is 0.477 e. The highest BCUT2D eigenvalue weighted by Crippen LogP contribution is 2.25. The molecule has 9 heteroatoms. The monoisotopic (exact) mass is 400 g/mol. The van der Waals surface area contributed by atoms with Crippen LogP contribution in [-0.2, 0) is 0 Å². The Kier molecular flexibility index (Phi) is 5.52. The summed E-state index contributed by atoms with van der Waals surface area (Å²) in [7, 11) is 0. The number of aromatic amines is 1. The first-order chi connectivity index (χ1) is 13.7. The Morgan fingerprint density at radius 2 is 2.18 bits per heavy atom. The lowest BCUT2D eigenvalue weighted by Gasteiger charge is -2.25. The van der Waals surface area contributed by atoms with E-state index in [2.05, 4.69) is 25.1 Å². The number of fused-ring (bicyclic) bond motifs is 2. The van der Waals surface area contributed by atoms with Gasteiger partial charge < -0.3 is 9.84 Å². The maximum atomic E-state index is 10.7. The molecule has 1 aliphatic rings. The third kappa shape index (κ3) is 3.84. The highest BCUT2D eigenvalue weighted by Gasteiger charge is 2.20. The molecule has 0 saturated carbocycles. The molecule has 28 heavy (non-hydrogen) atoms. The smallest absolute Gasteiger partial charge is 0.220 e. The van der Waals surface area contributed by atoms with Crippen LogP contribution in [0.2, 0.25) is 5.02 Å². The molecule has 0 spiro atoms. The number of aliphatic hydroxyl groups is 1. The molecule has 8 nitrogen and oxygen atoms in total. The van der Waals surface area contributed by atoms with Crippen molar-refractivity contribution >= 4 is 34.8 Å². The van der Waals surface area contributed by atoms with E-state index < -0.39 is 6.23 Å². The number of halogens is 1. The first-order valence-electron chi connectivity index (χ1n) is 9.25. The molecule has 0 fully saturated rings. The lowest BCUT2D eigenvalue weighted by atomic mass is 10.2. The molecule has 1 aliphatic heterocycles. The number of nitrogens with zero attached hydrogens (tertiary/aromatic N) is 5. The number of nitrogens with one attached hydrogen (secondary N) is 1. The van der Waals surface area contributed by atoms with Crippen LogP contribution in [0.4, 0.5) is 0 Å². The number of aliphatic hydroxyl groups excluding tert-OH is 1. The van der Waals surface area contributed by atoms with Gasteiger partial charge in [-0.3, -0.25) is 10.00 Å². The third-order valence-electron chi connectivity index (χ3n) is 4.67. The van der Waals surface area contributed by atoms with Gasteiger partial charge in [-0.15, -0.1) is 0 Å². The molecule has 0 aliphatic carbocycles. The Bertz CT molecular complexity index is 1010. The molecule has 0 amide bonds. The molecule has 0 radical (unpaired) electrons. The number of aromatic nitrogens is 5. The average molecular weight is 401 g/mol. The summed E-state index contributed by atoms with van der Waals surface area (Å²) in [6.07, 6.45) is 7.71. The van der Waals surface area contributed by atoms with Gasteiger partial charge in [0.25, 0.3) is 0 Å². The van der Waals surface area contributed by atoms with Gasteiger partial charge >= 0.3 is 0 Å². The van der Waals surface area contributed by atoms with E-state index in [0.29, 0.717) is 53.2 Å². The third-order valence-corrected chi connectivity index (χ3v) is 4.88. The van der Waals surface area contributed by atoms with Crippen molar-refractivity contribution in [1.82, 2.24) is 30.0 Å². The number of hydrogen-bond donors (Lipinski definition) is 2. The molecule has 3 aromatic rings. The second kappa shape index (κ2) is 8.22. The molecule has 4 rings (SSSR count). The van der Waals surface area contributed by atoms with Gasteiger partial charge in [0, 0.05) is 18.3 Å². The van der Waals surface area contributed by atoms with Gasteiger partial charge in [0.2, 0.25) is 5.88 Å². The van der Waals surface area contributed by atoms with E-state index >= 15 is 0 Å². The minimum absolute atomic E-state index is 0.363. The summed E-state index contributed by atoms with van der Waals surface area (Å²) in [5, 5.41) is 18.5. The van der Waals surface area contributed by atoms with E-state index in [-0.39, 0.29) is 0 Å². The number of ether oxygens (including phenoxy) is 1. The van der Waals surface area contributed by atoms with Gasteiger partial charge in [-0.25, -0.2) is 15.0 Å². The van der Waals surface area contributed by atoms with Crippen molar-refractivity contribution in [2.45, 2.75) is 26.0 Å². The van der Waals surface area contributed by atoms with Crippen LogP contribution < -0.4 is 4.74 Å². The zero-order valence-electron chi connectivity index (χ0n) is 15.5. The lowest BCUT2D eigenvalue weighted by Crippen LogP contribution is -2.31. The zero-order valence-corrected chi connectivity index (χ0v) is 16.2. The highest BCUT2D eigenvalue weighted by atomic mass is 35.5. The maximum absolute atomic E-state index is 10.7. The normalized spacial score (nSPS) is 19.6. The van der Waals surface area contributed by atoms with Crippen LogP contribution in [-0.4, -0.2) is 54.9 Å². The second-order valence-corrected chi connectivity index (χ2v) is 6.97. The van der Waals surface area contributed by atoms with Gasteiger partial charge in [0.05, 0.1) is 17.8 Å². The van der Waals surface area contributed by atoms with Crippen LogP contribution in [0.5, 0.6) is 5.88 Å². The molecule has 146 valence electrons. The van der Waals surface area contributed by atoms with Crippen LogP contribution in [0, 0.1) is 0 Å². The summed E-state index contributed by atoms with van der Waals surface area (Å²) in [4.78, 5) is 15.1. The van der Waals surface area contributed by atoms with Gasteiger partial charge in [0.15, 0.2) is 12.1 Å². The summed E-state index contributed by atoms with van der Waals surface area (Å²) >= 11 is 6.11. The van der Waals surface area contributed by atoms with Crippen LogP contribution in [0.15, 0.2) is 18.5 Å². The van der Waals surface area contributed by atoms with Gasteiger partial charge in [0.1, 0.15) is 16.7 Å². The van der Waals surface area contributed by atoms with Gasteiger partial charge in [-0.05, 0) is 37.6 Å². The fraction of sp³-hybridized carbons (Fsp3) is 0.368. The Labute approximate surface area is 167 Å².